The standard InChI is InChI=1S/C23H23Cl2N3O3S/c24-19-5-3-15(11-18(19)14-1-2-14)21-13-26-23(27-21)16-4-6-20(25)22(12-16)32(30,31)28-9-7-17(29)8-10-28/h3-6,11-14,17,29H,1-2,7-10H2,(H,26,27). The van der Waals surface area contributed by atoms with Crippen LogP contribution in [0.2, 0.25) is 10.0 Å². The number of imidazole rings is 1. The first-order chi connectivity index (χ1) is 15.3. The summed E-state index contributed by atoms with van der Waals surface area (Å²) >= 11 is 12.6. The maximum absolute atomic E-state index is 13.2. The number of nitrogens with zero attached hydrogens (tertiary/aromatic N) is 2. The Labute approximate surface area is 197 Å². The normalized spacial score (nSPS) is 18.2. The highest BCUT2D eigenvalue weighted by atomic mass is 35.5. The van der Waals surface area contributed by atoms with E-state index in [9.17, 15) is 13.5 Å². The summed E-state index contributed by atoms with van der Waals surface area (Å²) in [5, 5.41) is 10.7. The highest BCUT2D eigenvalue weighted by Gasteiger charge is 2.31. The van der Waals surface area contributed by atoms with Gasteiger partial charge in [0.15, 0.2) is 0 Å². The van der Waals surface area contributed by atoms with Crippen LogP contribution in [-0.2, 0) is 10.0 Å². The number of aliphatic hydroxyl groups is 1. The van der Waals surface area contributed by atoms with Crippen LogP contribution in [0.15, 0.2) is 47.5 Å². The molecule has 168 valence electrons. The van der Waals surface area contributed by atoms with Gasteiger partial charge in [-0.05, 0) is 67.5 Å². The van der Waals surface area contributed by atoms with Gasteiger partial charge in [0, 0.05) is 35.4 Å². The molecule has 0 amide bonds. The molecule has 2 heterocycles. The third kappa shape index (κ3) is 4.20. The number of aromatic amines is 1. The second-order valence-corrected chi connectivity index (χ2v) is 11.1. The van der Waals surface area contributed by atoms with Crippen LogP contribution in [-0.4, -0.2) is 47.0 Å². The third-order valence-electron chi connectivity index (χ3n) is 6.13. The molecule has 2 N–H and O–H groups in total. The van der Waals surface area contributed by atoms with Crippen LogP contribution in [0.1, 0.15) is 37.2 Å². The lowest BCUT2D eigenvalue weighted by atomic mass is 10.1. The molecular formula is C23H23Cl2N3O3S. The van der Waals surface area contributed by atoms with Crippen molar-refractivity contribution in [3.8, 4) is 22.6 Å². The van der Waals surface area contributed by atoms with Crippen molar-refractivity contribution < 1.29 is 13.5 Å². The molecule has 0 bridgehead atoms. The van der Waals surface area contributed by atoms with Gasteiger partial charge in [0.05, 0.1) is 16.8 Å². The highest BCUT2D eigenvalue weighted by Crippen LogP contribution is 2.44. The number of aromatic nitrogens is 2. The minimum absolute atomic E-state index is 0.0496. The van der Waals surface area contributed by atoms with E-state index in [2.05, 4.69) is 11.1 Å². The van der Waals surface area contributed by atoms with Gasteiger partial charge < -0.3 is 10.1 Å². The van der Waals surface area contributed by atoms with Gasteiger partial charge in [-0.25, -0.2) is 13.4 Å². The number of piperidine rings is 1. The fourth-order valence-electron chi connectivity index (χ4n) is 4.10. The minimum Gasteiger partial charge on any atom is -0.393 e. The molecule has 0 atom stereocenters. The van der Waals surface area contributed by atoms with Gasteiger partial charge in [-0.3, -0.25) is 0 Å². The molecule has 9 heteroatoms. The van der Waals surface area contributed by atoms with E-state index in [1.165, 1.54) is 4.31 Å². The molecular weight excluding hydrogens is 469 g/mol. The van der Waals surface area contributed by atoms with Crippen LogP contribution >= 0.6 is 23.2 Å². The van der Waals surface area contributed by atoms with Gasteiger partial charge in [0.1, 0.15) is 10.7 Å². The van der Waals surface area contributed by atoms with Crippen LogP contribution in [0.5, 0.6) is 0 Å². The molecule has 6 nitrogen and oxygen atoms in total. The van der Waals surface area contributed by atoms with E-state index >= 15 is 0 Å². The van der Waals surface area contributed by atoms with E-state index < -0.39 is 16.1 Å². The number of benzene rings is 2. The SMILES string of the molecule is O=S(=O)(c1cc(-c2nc(-c3ccc(Cl)c(C4CC4)c3)c[nH]2)ccc1Cl)N1CCC(O)CC1. The van der Waals surface area contributed by atoms with E-state index in [0.717, 1.165) is 34.7 Å². The van der Waals surface area contributed by atoms with Gasteiger partial charge in [0.25, 0.3) is 0 Å². The molecule has 3 aromatic rings. The lowest BCUT2D eigenvalue weighted by molar-refractivity contribution is 0.113. The Hall–Kier alpha value is -1.90. The quantitative estimate of drug-likeness (QED) is 0.521. The smallest absolute Gasteiger partial charge is 0.244 e. The van der Waals surface area contributed by atoms with E-state index in [0.29, 0.717) is 30.1 Å². The molecule has 5 rings (SSSR count). The number of halogens is 2. The number of rotatable bonds is 5. The van der Waals surface area contributed by atoms with E-state index in [1.54, 1.807) is 18.2 Å². The van der Waals surface area contributed by atoms with Gasteiger partial charge >= 0.3 is 0 Å². The summed E-state index contributed by atoms with van der Waals surface area (Å²) in [6, 6.07) is 10.8. The number of sulfonamides is 1. The van der Waals surface area contributed by atoms with Crippen LogP contribution in [0.25, 0.3) is 22.6 Å². The van der Waals surface area contributed by atoms with Crippen molar-refractivity contribution in [3.63, 3.8) is 0 Å². The summed E-state index contributed by atoms with van der Waals surface area (Å²) in [5.74, 6) is 1.09. The second-order valence-electron chi connectivity index (χ2n) is 8.43. The predicted octanol–water partition coefficient (Wildman–Crippen LogP) is 5.07. The molecule has 2 aromatic carbocycles. The summed E-state index contributed by atoms with van der Waals surface area (Å²) < 4.78 is 27.7. The first kappa shape index (κ1) is 21.9. The van der Waals surface area contributed by atoms with Crippen molar-refractivity contribution in [1.82, 2.24) is 14.3 Å². The highest BCUT2D eigenvalue weighted by molar-refractivity contribution is 7.89. The zero-order chi connectivity index (χ0) is 22.5. The summed E-state index contributed by atoms with van der Waals surface area (Å²) in [5.41, 5.74) is 3.52. The number of hydrogen-bond donors (Lipinski definition) is 2. The molecule has 2 fully saturated rings. The van der Waals surface area contributed by atoms with Gasteiger partial charge in [-0.2, -0.15) is 4.31 Å². The molecule has 32 heavy (non-hydrogen) atoms. The Morgan fingerprint density at radius 3 is 2.38 bits per heavy atom. The maximum atomic E-state index is 13.2. The average Bonchev–Trinajstić information content (AvgIpc) is 3.50. The lowest BCUT2D eigenvalue weighted by Crippen LogP contribution is -2.40. The largest absolute Gasteiger partial charge is 0.393 e. The predicted molar refractivity (Wildman–Crippen MR) is 125 cm³/mol. The topological polar surface area (TPSA) is 86.3 Å². The fourth-order valence-corrected chi connectivity index (χ4v) is 6.34. The van der Waals surface area contributed by atoms with Gasteiger partial charge in [0.2, 0.25) is 10.0 Å². The molecule has 1 saturated carbocycles. The van der Waals surface area contributed by atoms with Crippen molar-refractivity contribution in [2.75, 3.05) is 13.1 Å². The molecule has 2 aliphatic rings. The van der Waals surface area contributed by atoms with Crippen molar-refractivity contribution >= 4 is 33.2 Å². The van der Waals surface area contributed by atoms with E-state index in [-0.39, 0.29) is 23.0 Å². The second kappa shape index (κ2) is 8.47. The minimum atomic E-state index is -3.77. The fraction of sp³-hybridized carbons (Fsp3) is 0.348. The Bertz CT molecular complexity index is 1260. The Morgan fingerprint density at radius 2 is 1.66 bits per heavy atom. The molecule has 0 radical (unpaired) electrons. The summed E-state index contributed by atoms with van der Waals surface area (Å²) in [6.07, 6.45) is 4.51. The molecule has 1 aliphatic heterocycles. The number of H-pyrrole nitrogens is 1. The molecule has 1 saturated heterocycles. The third-order valence-corrected chi connectivity index (χ3v) is 8.86. The van der Waals surface area contributed by atoms with Crippen molar-refractivity contribution in [2.45, 2.75) is 42.6 Å². The Kier molecular flexibility index (Phi) is 5.80. The summed E-state index contributed by atoms with van der Waals surface area (Å²) in [7, 11) is -3.77. The van der Waals surface area contributed by atoms with Crippen LogP contribution in [0.4, 0.5) is 0 Å². The summed E-state index contributed by atoms with van der Waals surface area (Å²) in [4.78, 5) is 7.90. The van der Waals surface area contributed by atoms with Gasteiger partial charge in [-0.15, -0.1) is 0 Å². The Morgan fingerprint density at radius 1 is 0.969 bits per heavy atom. The van der Waals surface area contributed by atoms with Crippen LogP contribution < -0.4 is 0 Å². The van der Waals surface area contributed by atoms with E-state index in [1.807, 2.05) is 18.3 Å². The number of nitrogens with one attached hydrogen (secondary N) is 1. The van der Waals surface area contributed by atoms with Crippen molar-refractivity contribution in [3.05, 3.63) is 58.2 Å². The summed E-state index contributed by atoms with van der Waals surface area (Å²) in [6.45, 7) is 0.545. The molecule has 1 aliphatic carbocycles. The van der Waals surface area contributed by atoms with Crippen LogP contribution in [0.3, 0.4) is 0 Å². The monoisotopic (exact) mass is 491 g/mol. The zero-order valence-electron chi connectivity index (χ0n) is 17.3. The zero-order valence-corrected chi connectivity index (χ0v) is 19.6. The van der Waals surface area contributed by atoms with E-state index in [4.69, 9.17) is 28.2 Å². The number of hydrogen-bond acceptors (Lipinski definition) is 4. The molecule has 1 aromatic heterocycles. The Balaban J connectivity index is 1.46. The van der Waals surface area contributed by atoms with Crippen molar-refractivity contribution in [2.24, 2.45) is 0 Å². The first-order valence-corrected chi connectivity index (χ1v) is 12.9. The van der Waals surface area contributed by atoms with Crippen molar-refractivity contribution in [1.29, 1.82) is 0 Å². The lowest BCUT2D eigenvalue weighted by Gasteiger charge is -2.29. The first-order valence-electron chi connectivity index (χ1n) is 10.7. The van der Waals surface area contributed by atoms with Gasteiger partial charge in [-0.1, -0.05) is 29.3 Å². The molecule has 0 spiro atoms. The maximum Gasteiger partial charge on any atom is 0.244 e. The van der Waals surface area contributed by atoms with Crippen LogP contribution in [0, 0.1) is 0 Å². The number of aliphatic hydroxyl groups excluding tert-OH is 1. The molecule has 0 unspecified atom stereocenters. The average molecular weight is 492 g/mol.